The van der Waals surface area contributed by atoms with Crippen molar-refractivity contribution in [2.45, 2.75) is 11.3 Å². The van der Waals surface area contributed by atoms with E-state index in [-0.39, 0.29) is 23.5 Å². The number of carbonyl (C=O) groups is 1. The van der Waals surface area contributed by atoms with Gasteiger partial charge in [0.05, 0.1) is 17.6 Å². The molecule has 0 bridgehead atoms. The van der Waals surface area contributed by atoms with Gasteiger partial charge in [0.2, 0.25) is 10.0 Å². The Morgan fingerprint density at radius 2 is 1.70 bits per heavy atom. The summed E-state index contributed by atoms with van der Waals surface area (Å²) in [4.78, 5) is 14.3. The third kappa shape index (κ3) is 4.12. The molecule has 0 spiro atoms. The van der Waals surface area contributed by atoms with Crippen LogP contribution in [0.5, 0.6) is 5.75 Å². The number of carbonyl (C=O) groups excluding carboxylic acids is 1. The van der Waals surface area contributed by atoms with Crippen molar-refractivity contribution in [1.29, 1.82) is 0 Å². The molecule has 144 valence electrons. The van der Waals surface area contributed by atoms with Gasteiger partial charge in [0.25, 0.3) is 5.91 Å². The van der Waals surface area contributed by atoms with E-state index in [9.17, 15) is 17.6 Å². The first-order valence-corrected chi connectivity index (χ1v) is 10.1. The molecule has 1 fully saturated rings. The second-order valence-electron chi connectivity index (χ2n) is 6.21. The summed E-state index contributed by atoms with van der Waals surface area (Å²) in [6, 6.07) is 12.0. The van der Waals surface area contributed by atoms with Crippen molar-refractivity contribution in [3.05, 3.63) is 59.9 Å². The Morgan fingerprint density at radius 1 is 1.00 bits per heavy atom. The van der Waals surface area contributed by atoms with Crippen LogP contribution in [-0.4, -0.2) is 56.8 Å². The number of amides is 1. The van der Waals surface area contributed by atoms with Crippen LogP contribution in [0.2, 0.25) is 0 Å². The maximum absolute atomic E-state index is 13.9. The van der Waals surface area contributed by atoms with E-state index >= 15 is 0 Å². The van der Waals surface area contributed by atoms with Gasteiger partial charge in [-0.25, -0.2) is 12.8 Å². The normalized spacial score (nSPS) is 16.0. The highest BCUT2D eigenvalue weighted by Gasteiger charge is 2.29. The molecule has 1 heterocycles. The first-order valence-electron chi connectivity index (χ1n) is 8.61. The standard InChI is InChI=1S/C19H21FN2O4S/c1-26-15-7-9-16(10-8-15)27(24,25)22-12-4-11-21(13-14-22)19(23)17-5-2-3-6-18(17)20/h2-3,5-10H,4,11-14H2,1H3. The van der Waals surface area contributed by atoms with Gasteiger partial charge >= 0.3 is 0 Å². The third-order valence-corrected chi connectivity index (χ3v) is 6.46. The Bertz CT molecular complexity index is 916. The molecule has 0 aliphatic carbocycles. The van der Waals surface area contributed by atoms with Gasteiger partial charge in [-0.1, -0.05) is 12.1 Å². The first kappa shape index (κ1) is 19.3. The molecule has 3 rings (SSSR count). The van der Waals surface area contributed by atoms with Crippen molar-refractivity contribution >= 4 is 15.9 Å². The molecule has 27 heavy (non-hydrogen) atoms. The number of ether oxygens (including phenoxy) is 1. The van der Waals surface area contributed by atoms with E-state index in [1.165, 1.54) is 46.6 Å². The molecule has 0 saturated carbocycles. The van der Waals surface area contributed by atoms with Crippen molar-refractivity contribution in [2.75, 3.05) is 33.3 Å². The lowest BCUT2D eigenvalue weighted by atomic mass is 10.2. The molecule has 1 aliphatic heterocycles. The van der Waals surface area contributed by atoms with Gasteiger partial charge in [0, 0.05) is 26.2 Å². The lowest BCUT2D eigenvalue weighted by Crippen LogP contribution is -2.37. The molecule has 1 aliphatic rings. The quantitative estimate of drug-likeness (QED) is 0.801. The maximum Gasteiger partial charge on any atom is 0.256 e. The molecule has 2 aromatic rings. The van der Waals surface area contributed by atoms with Gasteiger partial charge < -0.3 is 9.64 Å². The number of halogens is 1. The van der Waals surface area contributed by atoms with E-state index < -0.39 is 21.7 Å². The van der Waals surface area contributed by atoms with Crippen LogP contribution in [0.25, 0.3) is 0 Å². The second-order valence-corrected chi connectivity index (χ2v) is 8.14. The lowest BCUT2D eigenvalue weighted by Gasteiger charge is -2.22. The van der Waals surface area contributed by atoms with Gasteiger partial charge in [-0.05, 0) is 42.8 Å². The van der Waals surface area contributed by atoms with Gasteiger partial charge in [-0.3, -0.25) is 4.79 Å². The average Bonchev–Trinajstić information content (AvgIpc) is 2.95. The summed E-state index contributed by atoms with van der Waals surface area (Å²) in [5.41, 5.74) is 0.00367. The third-order valence-electron chi connectivity index (χ3n) is 4.54. The van der Waals surface area contributed by atoms with Crippen molar-refractivity contribution < 1.29 is 22.3 Å². The van der Waals surface area contributed by atoms with E-state index in [4.69, 9.17) is 4.74 Å². The molecule has 0 N–H and O–H groups in total. The lowest BCUT2D eigenvalue weighted by molar-refractivity contribution is 0.0759. The van der Waals surface area contributed by atoms with E-state index in [1.54, 1.807) is 18.2 Å². The van der Waals surface area contributed by atoms with Gasteiger partial charge in [0.1, 0.15) is 11.6 Å². The fourth-order valence-electron chi connectivity index (χ4n) is 3.04. The molecule has 8 heteroatoms. The minimum atomic E-state index is -3.67. The Labute approximate surface area is 158 Å². The highest BCUT2D eigenvalue weighted by molar-refractivity contribution is 7.89. The fraction of sp³-hybridized carbons (Fsp3) is 0.316. The zero-order valence-electron chi connectivity index (χ0n) is 15.0. The number of nitrogens with zero attached hydrogens (tertiary/aromatic N) is 2. The first-order chi connectivity index (χ1) is 12.9. The summed E-state index contributed by atoms with van der Waals surface area (Å²) < 4.78 is 46.0. The van der Waals surface area contributed by atoms with E-state index in [0.717, 1.165) is 0 Å². The maximum atomic E-state index is 13.9. The Balaban J connectivity index is 1.74. The molecule has 0 radical (unpaired) electrons. The number of rotatable bonds is 4. The summed E-state index contributed by atoms with van der Waals surface area (Å²) in [5.74, 6) is -0.419. The van der Waals surface area contributed by atoms with Crippen LogP contribution in [0.3, 0.4) is 0 Å². The number of sulfonamides is 1. The largest absolute Gasteiger partial charge is 0.497 e. The summed E-state index contributed by atoms with van der Waals surface area (Å²) >= 11 is 0. The molecule has 1 amide bonds. The summed E-state index contributed by atoms with van der Waals surface area (Å²) in [6.07, 6.45) is 0.482. The molecule has 6 nitrogen and oxygen atoms in total. The minimum absolute atomic E-state index is 0.00367. The van der Waals surface area contributed by atoms with Crippen molar-refractivity contribution in [3.8, 4) is 5.75 Å². The van der Waals surface area contributed by atoms with E-state index in [1.807, 2.05) is 0 Å². The fourth-order valence-corrected chi connectivity index (χ4v) is 4.51. The smallest absolute Gasteiger partial charge is 0.256 e. The summed E-state index contributed by atoms with van der Waals surface area (Å²) in [7, 11) is -2.15. The summed E-state index contributed by atoms with van der Waals surface area (Å²) in [6.45, 7) is 1.05. The van der Waals surface area contributed by atoms with E-state index in [2.05, 4.69) is 0 Å². The predicted octanol–water partition coefficient (Wildman–Crippen LogP) is 2.37. The van der Waals surface area contributed by atoms with Crippen LogP contribution < -0.4 is 4.74 Å². The molecule has 2 aromatic carbocycles. The molecular formula is C19H21FN2O4S. The van der Waals surface area contributed by atoms with E-state index in [0.29, 0.717) is 25.3 Å². The van der Waals surface area contributed by atoms with Crippen molar-refractivity contribution in [2.24, 2.45) is 0 Å². The predicted molar refractivity (Wildman–Crippen MR) is 98.7 cm³/mol. The molecule has 1 saturated heterocycles. The van der Waals surface area contributed by atoms with Gasteiger partial charge in [0.15, 0.2) is 0 Å². The second kappa shape index (κ2) is 8.06. The van der Waals surface area contributed by atoms with Crippen molar-refractivity contribution in [3.63, 3.8) is 0 Å². The molecule has 0 unspecified atom stereocenters. The van der Waals surface area contributed by atoms with Crippen LogP contribution in [0.4, 0.5) is 4.39 Å². The Kier molecular flexibility index (Phi) is 5.76. The number of methoxy groups -OCH3 is 1. The highest BCUT2D eigenvalue weighted by atomic mass is 32.2. The van der Waals surface area contributed by atoms with Crippen molar-refractivity contribution in [1.82, 2.24) is 9.21 Å². The van der Waals surface area contributed by atoms with Gasteiger partial charge in [-0.2, -0.15) is 4.31 Å². The topological polar surface area (TPSA) is 66.9 Å². The number of hydrogen-bond acceptors (Lipinski definition) is 4. The Hall–Kier alpha value is -2.45. The monoisotopic (exact) mass is 392 g/mol. The van der Waals surface area contributed by atoms with Crippen LogP contribution >= 0.6 is 0 Å². The SMILES string of the molecule is COc1ccc(S(=O)(=O)N2CCCN(C(=O)c3ccccc3F)CC2)cc1. The molecule has 0 aromatic heterocycles. The van der Waals surface area contributed by atoms with Crippen LogP contribution in [0, 0.1) is 5.82 Å². The van der Waals surface area contributed by atoms with Crippen LogP contribution in [-0.2, 0) is 10.0 Å². The number of benzene rings is 2. The highest BCUT2D eigenvalue weighted by Crippen LogP contribution is 2.21. The number of hydrogen-bond donors (Lipinski definition) is 0. The zero-order valence-corrected chi connectivity index (χ0v) is 15.8. The Morgan fingerprint density at radius 3 is 2.37 bits per heavy atom. The summed E-state index contributed by atoms with van der Waals surface area (Å²) in [5, 5.41) is 0. The van der Waals surface area contributed by atoms with Crippen LogP contribution in [0.15, 0.2) is 53.4 Å². The molecule has 0 atom stereocenters. The average molecular weight is 392 g/mol. The van der Waals surface area contributed by atoms with Gasteiger partial charge in [-0.15, -0.1) is 0 Å². The minimum Gasteiger partial charge on any atom is -0.497 e. The zero-order chi connectivity index (χ0) is 19.4. The molecular weight excluding hydrogens is 371 g/mol. The van der Waals surface area contributed by atoms with Crippen LogP contribution in [0.1, 0.15) is 16.8 Å².